The highest BCUT2D eigenvalue weighted by molar-refractivity contribution is 5.99. The van der Waals surface area contributed by atoms with Crippen LogP contribution in [-0.4, -0.2) is 25.2 Å². The first-order chi connectivity index (χ1) is 11.2. The molecule has 0 radical (unpaired) electrons. The summed E-state index contributed by atoms with van der Waals surface area (Å²) in [5.41, 5.74) is 2.00. The minimum absolute atomic E-state index is 0.139. The lowest BCUT2D eigenvalue weighted by Gasteiger charge is -2.06. The Labute approximate surface area is 133 Å². The molecule has 0 fully saturated rings. The van der Waals surface area contributed by atoms with Crippen molar-refractivity contribution in [3.05, 3.63) is 59.2 Å². The van der Waals surface area contributed by atoms with Crippen LogP contribution in [0, 0.1) is 0 Å². The first-order valence-corrected chi connectivity index (χ1v) is 7.36. The third-order valence-electron chi connectivity index (χ3n) is 3.63. The first-order valence-electron chi connectivity index (χ1n) is 7.36. The average molecular weight is 312 g/mol. The van der Waals surface area contributed by atoms with Gasteiger partial charge in [-0.3, -0.25) is 4.79 Å². The van der Waals surface area contributed by atoms with E-state index in [-0.39, 0.29) is 19.2 Å². The molecular weight excluding hydrogens is 296 g/mol. The van der Waals surface area contributed by atoms with Crippen molar-refractivity contribution in [2.75, 3.05) is 13.4 Å². The third kappa shape index (κ3) is 3.34. The largest absolute Gasteiger partial charge is 0.454 e. The minimum Gasteiger partial charge on any atom is -0.454 e. The van der Waals surface area contributed by atoms with Gasteiger partial charge in [-0.15, -0.1) is 0 Å². The fraction of sp³-hybridized carbons (Fsp3) is 0.222. The van der Waals surface area contributed by atoms with Crippen molar-refractivity contribution in [1.29, 1.82) is 0 Å². The minimum atomic E-state index is -0.568. The highest BCUT2D eigenvalue weighted by Crippen LogP contribution is 2.32. The molecule has 0 amide bonds. The number of ether oxygens (including phenoxy) is 3. The van der Waals surface area contributed by atoms with Gasteiger partial charge in [0.15, 0.2) is 23.9 Å². The number of fused-ring (bicyclic) bond motifs is 1. The Bertz CT molecular complexity index is 734. The van der Waals surface area contributed by atoms with E-state index in [4.69, 9.17) is 14.2 Å². The Morgan fingerprint density at radius 1 is 1.00 bits per heavy atom. The molecule has 1 aliphatic heterocycles. The molecule has 5 nitrogen and oxygen atoms in total. The van der Waals surface area contributed by atoms with Crippen LogP contribution in [0.25, 0.3) is 0 Å². The zero-order chi connectivity index (χ0) is 16.2. The maximum Gasteiger partial charge on any atom is 0.338 e. The summed E-state index contributed by atoms with van der Waals surface area (Å²) in [5.74, 6) is 0.290. The van der Waals surface area contributed by atoms with Gasteiger partial charge in [0.05, 0.1) is 5.56 Å². The van der Waals surface area contributed by atoms with Gasteiger partial charge >= 0.3 is 5.97 Å². The number of Topliss-reactive ketones (excluding diaryl/α,β-unsaturated/α-hetero) is 1. The van der Waals surface area contributed by atoms with Gasteiger partial charge < -0.3 is 14.2 Å². The number of rotatable bonds is 5. The van der Waals surface area contributed by atoms with E-state index in [0.717, 1.165) is 12.0 Å². The van der Waals surface area contributed by atoms with E-state index in [1.165, 1.54) is 0 Å². The van der Waals surface area contributed by atoms with E-state index < -0.39 is 5.97 Å². The fourth-order valence-electron chi connectivity index (χ4n) is 2.25. The lowest BCUT2D eigenvalue weighted by atomic mass is 10.1. The quantitative estimate of drug-likeness (QED) is 0.627. The molecular formula is C18H16O5. The van der Waals surface area contributed by atoms with Crippen molar-refractivity contribution in [1.82, 2.24) is 0 Å². The van der Waals surface area contributed by atoms with E-state index >= 15 is 0 Å². The van der Waals surface area contributed by atoms with E-state index in [9.17, 15) is 9.59 Å². The molecule has 0 saturated heterocycles. The Balaban J connectivity index is 1.60. The summed E-state index contributed by atoms with van der Waals surface area (Å²) in [5, 5.41) is 0. The van der Waals surface area contributed by atoms with E-state index in [1.807, 2.05) is 19.1 Å². The summed E-state index contributed by atoms with van der Waals surface area (Å²) in [6.07, 6.45) is 0.910. The van der Waals surface area contributed by atoms with Crippen LogP contribution in [0.15, 0.2) is 42.5 Å². The van der Waals surface area contributed by atoms with Crippen molar-refractivity contribution >= 4 is 11.8 Å². The molecule has 1 aliphatic rings. The van der Waals surface area contributed by atoms with Crippen molar-refractivity contribution in [3.63, 3.8) is 0 Å². The summed E-state index contributed by atoms with van der Waals surface area (Å²) >= 11 is 0. The molecule has 0 N–H and O–H groups in total. The molecule has 5 heteroatoms. The standard InChI is InChI=1S/C18H16O5/c1-2-12-3-5-13(6-4-12)15(19)10-21-18(20)14-7-8-16-17(9-14)23-11-22-16/h3-9H,2,10-11H2,1H3. The van der Waals surface area contributed by atoms with Crippen molar-refractivity contribution in [2.24, 2.45) is 0 Å². The van der Waals surface area contributed by atoms with Gasteiger partial charge in [-0.2, -0.15) is 0 Å². The molecule has 1 heterocycles. The van der Waals surface area contributed by atoms with Gasteiger partial charge in [-0.1, -0.05) is 31.2 Å². The van der Waals surface area contributed by atoms with Gasteiger partial charge in [0, 0.05) is 5.56 Å². The molecule has 0 unspecified atom stereocenters. The summed E-state index contributed by atoms with van der Waals surface area (Å²) in [4.78, 5) is 24.1. The van der Waals surface area contributed by atoms with Crippen molar-refractivity contribution in [2.45, 2.75) is 13.3 Å². The van der Waals surface area contributed by atoms with Crippen LogP contribution in [-0.2, 0) is 11.2 Å². The fourth-order valence-corrected chi connectivity index (χ4v) is 2.25. The zero-order valence-electron chi connectivity index (χ0n) is 12.7. The summed E-state index contributed by atoms with van der Waals surface area (Å²) < 4.78 is 15.5. The van der Waals surface area contributed by atoms with E-state index in [2.05, 4.69) is 0 Å². The first kappa shape index (κ1) is 15.1. The number of carbonyl (C=O) groups excluding carboxylic acids is 2. The predicted molar refractivity (Wildman–Crippen MR) is 83.0 cm³/mol. The maximum atomic E-state index is 12.0. The number of aryl methyl sites for hydroxylation is 1. The lowest BCUT2D eigenvalue weighted by Crippen LogP contribution is -2.14. The highest BCUT2D eigenvalue weighted by atomic mass is 16.7. The van der Waals surface area contributed by atoms with Crippen LogP contribution >= 0.6 is 0 Å². The van der Waals surface area contributed by atoms with Crippen molar-refractivity contribution in [3.8, 4) is 11.5 Å². The SMILES string of the molecule is CCc1ccc(C(=O)COC(=O)c2ccc3c(c2)OCO3)cc1. The molecule has 2 aromatic carbocycles. The smallest absolute Gasteiger partial charge is 0.338 e. The molecule has 0 aliphatic carbocycles. The van der Waals surface area contributed by atoms with Crippen LogP contribution in [0.3, 0.4) is 0 Å². The molecule has 118 valence electrons. The second-order valence-electron chi connectivity index (χ2n) is 5.12. The van der Waals surface area contributed by atoms with Gasteiger partial charge in [-0.05, 0) is 30.2 Å². The molecule has 2 aromatic rings. The highest BCUT2D eigenvalue weighted by Gasteiger charge is 2.18. The van der Waals surface area contributed by atoms with Crippen LogP contribution in [0.2, 0.25) is 0 Å². The van der Waals surface area contributed by atoms with Gasteiger partial charge in [0.2, 0.25) is 6.79 Å². The van der Waals surface area contributed by atoms with Crippen LogP contribution in [0.4, 0.5) is 0 Å². The van der Waals surface area contributed by atoms with Crippen LogP contribution in [0.5, 0.6) is 11.5 Å². The lowest BCUT2D eigenvalue weighted by molar-refractivity contribution is 0.0474. The van der Waals surface area contributed by atoms with Gasteiger partial charge in [0.25, 0.3) is 0 Å². The monoisotopic (exact) mass is 312 g/mol. The number of benzene rings is 2. The Kier molecular flexibility index (Phi) is 4.28. The number of carbonyl (C=O) groups is 2. The summed E-state index contributed by atoms with van der Waals surface area (Å²) in [6, 6.07) is 12.1. The number of esters is 1. The number of ketones is 1. The van der Waals surface area contributed by atoms with Crippen LogP contribution in [0.1, 0.15) is 33.2 Å². The second kappa shape index (κ2) is 6.52. The molecule has 0 bridgehead atoms. The molecule has 0 aromatic heterocycles. The average Bonchev–Trinajstić information content (AvgIpc) is 3.07. The third-order valence-corrected chi connectivity index (χ3v) is 3.63. The number of hydrogen-bond donors (Lipinski definition) is 0. The predicted octanol–water partition coefficient (Wildman–Crippen LogP) is 3.02. The van der Waals surface area contributed by atoms with Crippen molar-refractivity contribution < 1.29 is 23.8 Å². The van der Waals surface area contributed by atoms with Crippen LogP contribution < -0.4 is 9.47 Å². The Hall–Kier alpha value is -2.82. The van der Waals surface area contributed by atoms with Gasteiger partial charge in [-0.25, -0.2) is 4.79 Å². The summed E-state index contributed by atoms with van der Waals surface area (Å²) in [6.45, 7) is 1.89. The Morgan fingerprint density at radius 3 is 2.43 bits per heavy atom. The molecule has 0 atom stereocenters. The summed E-state index contributed by atoms with van der Waals surface area (Å²) in [7, 11) is 0. The Morgan fingerprint density at radius 2 is 1.70 bits per heavy atom. The number of hydrogen-bond acceptors (Lipinski definition) is 5. The molecule has 0 spiro atoms. The van der Waals surface area contributed by atoms with E-state index in [0.29, 0.717) is 22.6 Å². The topological polar surface area (TPSA) is 61.8 Å². The molecule has 3 rings (SSSR count). The molecule has 0 saturated carbocycles. The second-order valence-corrected chi connectivity index (χ2v) is 5.12. The van der Waals surface area contributed by atoms with E-state index in [1.54, 1.807) is 30.3 Å². The molecule has 23 heavy (non-hydrogen) atoms. The van der Waals surface area contributed by atoms with Gasteiger partial charge in [0.1, 0.15) is 0 Å². The zero-order valence-corrected chi connectivity index (χ0v) is 12.7. The maximum absolute atomic E-state index is 12.0. The normalized spacial score (nSPS) is 12.0.